The lowest BCUT2D eigenvalue weighted by atomic mass is 9.80. The number of hydrogen-bond donors (Lipinski definition) is 2. The van der Waals surface area contributed by atoms with Crippen LogP contribution in [-0.4, -0.2) is 66.9 Å². The van der Waals surface area contributed by atoms with E-state index >= 15 is 0 Å². The molecule has 1 aromatic carbocycles. The van der Waals surface area contributed by atoms with Crippen LogP contribution in [0.15, 0.2) is 35.7 Å². The molecule has 37 heavy (non-hydrogen) atoms. The van der Waals surface area contributed by atoms with Gasteiger partial charge in [-0.15, -0.1) is 11.3 Å². The van der Waals surface area contributed by atoms with E-state index in [1.54, 1.807) is 11.3 Å². The summed E-state index contributed by atoms with van der Waals surface area (Å²) in [6, 6.07) is 10.2. The number of morpholine rings is 1. The molecule has 3 rings (SSSR count). The lowest BCUT2D eigenvalue weighted by Gasteiger charge is -2.30. The summed E-state index contributed by atoms with van der Waals surface area (Å²) in [4.78, 5) is 39.5. The highest BCUT2D eigenvalue weighted by molar-refractivity contribution is 7.10. The first-order valence-corrected chi connectivity index (χ1v) is 13.8. The predicted octanol–water partition coefficient (Wildman–Crippen LogP) is 4.75. The van der Waals surface area contributed by atoms with Crippen LogP contribution in [0.5, 0.6) is 0 Å². The Labute approximate surface area is 223 Å². The molecule has 1 aliphatic heterocycles. The molecule has 2 N–H and O–H groups in total. The smallest absolute Gasteiger partial charge is 0.411 e. The molecule has 1 aliphatic rings. The first-order chi connectivity index (χ1) is 17.8. The summed E-state index contributed by atoms with van der Waals surface area (Å²) >= 11 is 1.57. The summed E-state index contributed by atoms with van der Waals surface area (Å²) in [5.41, 5.74) is 2.33. The van der Waals surface area contributed by atoms with Gasteiger partial charge in [-0.1, -0.05) is 51.0 Å². The zero-order chi connectivity index (χ0) is 26.8. The highest BCUT2D eigenvalue weighted by Crippen LogP contribution is 2.34. The topological polar surface area (TPSA) is 105 Å². The lowest BCUT2D eigenvalue weighted by Crippen LogP contribution is -2.47. The van der Waals surface area contributed by atoms with Crippen molar-refractivity contribution in [1.82, 2.24) is 10.2 Å². The fourth-order valence-corrected chi connectivity index (χ4v) is 5.64. The van der Waals surface area contributed by atoms with Crippen molar-refractivity contribution in [2.24, 2.45) is 5.41 Å². The van der Waals surface area contributed by atoms with E-state index in [0.717, 1.165) is 34.4 Å². The normalized spacial score (nSPS) is 16.1. The molecule has 8 nitrogen and oxygen atoms in total. The van der Waals surface area contributed by atoms with E-state index in [0.29, 0.717) is 52.2 Å². The van der Waals surface area contributed by atoms with E-state index in [-0.39, 0.29) is 5.91 Å². The van der Waals surface area contributed by atoms with Gasteiger partial charge in [0.2, 0.25) is 5.91 Å². The van der Waals surface area contributed by atoms with Gasteiger partial charge in [0.15, 0.2) is 0 Å². The first-order valence-electron chi connectivity index (χ1n) is 12.9. The van der Waals surface area contributed by atoms with Gasteiger partial charge in [0.05, 0.1) is 18.6 Å². The fourth-order valence-electron chi connectivity index (χ4n) is 4.56. The Balaban J connectivity index is 1.68. The number of thiophene rings is 1. The summed E-state index contributed by atoms with van der Waals surface area (Å²) in [6.07, 6.45) is 1.55. The largest absolute Gasteiger partial charge is 0.465 e. The molecule has 0 bridgehead atoms. The second-order valence-corrected chi connectivity index (χ2v) is 10.7. The zero-order valence-corrected chi connectivity index (χ0v) is 22.8. The van der Waals surface area contributed by atoms with Gasteiger partial charge >= 0.3 is 6.09 Å². The van der Waals surface area contributed by atoms with Crippen molar-refractivity contribution in [2.75, 3.05) is 32.9 Å². The second kappa shape index (κ2) is 13.7. The number of carboxylic acid groups (broad SMARTS) is 1. The molecule has 0 saturated carbocycles. The number of carbonyl (C=O) groups is 3. The third kappa shape index (κ3) is 8.12. The highest BCUT2D eigenvalue weighted by Gasteiger charge is 2.34. The zero-order valence-electron chi connectivity index (χ0n) is 22.0. The summed E-state index contributed by atoms with van der Waals surface area (Å²) in [5.74, 6) is -0.446. The number of unbranched alkanes of at least 4 members (excludes halogenated alkanes) is 1. The molecule has 2 atom stereocenters. The summed E-state index contributed by atoms with van der Waals surface area (Å²) in [7, 11) is 0. The quantitative estimate of drug-likeness (QED) is 0.410. The van der Waals surface area contributed by atoms with Crippen molar-refractivity contribution in [3.8, 4) is 11.1 Å². The van der Waals surface area contributed by atoms with Crippen LogP contribution in [0.4, 0.5) is 4.79 Å². The van der Waals surface area contributed by atoms with Gasteiger partial charge in [-0.2, -0.15) is 0 Å². The van der Waals surface area contributed by atoms with Gasteiger partial charge in [0.25, 0.3) is 5.91 Å². The van der Waals surface area contributed by atoms with Gasteiger partial charge in [-0.25, -0.2) is 4.79 Å². The first kappa shape index (κ1) is 28.8. The highest BCUT2D eigenvalue weighted by atomic mass is 32.1. The number of hydrogen-bond acceptors (Lipinski definition) is 6. The van der Waals surface area contributed by atoms with Gasteiger partial charge < -0.3 is 19.5 Å². The van der Waals surface area contributed by atoms with E-state index in [1.807, 2.05) is 48.3 Å². The third-order valence-corrected chi connectivity index (χ3v) is 7.68. The average Bonchev–Trinajstić information content (AvgIpc) is 3.35. The minimum absolute atomic E-state index is 0.00904. The van der Waals surface area contributed by atoms with E-state index in [9.17, 15) is 14.4 Å². The van der Waals surface area contributed by atoms with Crippen molar-refractivity contribution in [3.63, 3.8) is 0 Å². The number of nitrogens with one attached hydrogen (secondary N) is 1. The Morgan fingerprint density at radius 3 is 2.49 bits per heavy atom. The number of ether oxygens (including phenoxy) is 2. The third-order valence-electron chi connectivity index (χ3n) is 6.74. The van der Waals surface area contributed by atoms with E-state index in [4.69, 9.17) is 14.6 Å². The number of nitrogens with zero attached hydrogens (tertiary/aromatic N) is 1. The summed E-state index contributed by atoms with van der Waals surface area (Å²) in [6.45, 7) is 8.57. The maximum Gasteiger partial charge on any atom is 0.411 e. The molecule has 3 amide bonds. The number of rotatable bonds is 12. The summed E-state index contributed by atoms with van der Waals surface area (Å²) in [5, 5.41) is 13.1. The Bertz CT molecular complexity index is 1050. The minimum Gasteiger partial charge on any atom is -0.465 e. The number of imide groups is 1. The van der Waals surface area contributed by atoms with Crippen LogP contribution in [0.2, 0.25) is 0 Å². The van der Waals surface area contributed by atoms with Crippen LogP contribution in [0.25, 0.3) is 11.1 Å². The van der Waals surface area contributed by atoms with Crippen LogP contribution in [0.3, 0.4) is 0 Å². The number of amides is 3. The van der Waals surface area contributed by atoms with Crippen LogP contribution >= 0.6 is 11.3 Å². The SMILES string of the molecule is CCCCC(C)(Cc1cc(-c2ccc(C[C@H](OCC)C(=O)N3CCOCC3)cc2)cs1)C(=O)NC(=O)O. The van der Waals surface area contributed by atoms with Crippen molar-refractivity contribution in [2.45, 2.75) is 59.0 Å². The molecule has 1 unspecified atom stereocenters. The molecule has 0 spiro atoms. The fraction of sp³-hybridized carbons (Fsp3) is 0.536. The standard InChI is InChI=1S/C28H38N2O6S/c1-4-6-11-28(3,26(32)29-27(33)34)18-23-17-22(19-37-23)21-9-7-20(8-10-21)16-24(36-5-2)25(31)30-12-14-35-15-13-30/h7-10,17,19,24H,4-6,11-16,18H2,1-3H3,(H,29,32)(H,33,34)/t24-,28?/m0/s1. The summed E-state index contributed by atoms with van der Waals surface area (Å²) < 4.78 is 11.2. The van der Waals surface area contributed by atoms with E-state index in [2.05, 4.69) is 18.4 Å². The maximum absolute atomic E-state index is 13.0. The van der Waals surface area contributed by atoms with Crippen LogP contribution in [-0.2, 0) is 31.9 Å². The van der Waals surface area contributed by atoms with Crippen molar-refractivity contribution in [1.29, 1.82) is 0 Å². The Hall–Kier alpha value is -2.75. The van der Waals surface area contributed by atoms with Crippen molar-refractivity contribution in [3.05, 3.63) is 46.2 Å². The molecular weight excluding hydrogens is 492 g/mol. The Morgan fingerprint density at radius 1 is 1.16 bits per heavy atom. The van der Waals surface area contributed by atoms with Gasteiger partial charge in [0.1, 0.15) is 6.10 Å². The van der Waals surface area contributed by atoms with Crippen LogP contribution < -0.4 is 5.32 Å². The predicted molar refractivity (Wildman–Crippen MR) is 144 cm³/mol. The maximum atomic E-state index is 13.0. The Kier molecular flexibility index (Phi) is 10.7. The molecule has 9 heteroatoms. The van der Waals surface area contributed by atoms with Crippen LogP contribution in [0, 0.1) is 5.41 Å². The second-order valence-electron chi connectivity index (χ2n) is 9.68. The van der Waals surface area contributed by atoms with Crippen molar-refractivity contribution >= 4 is 29.2 Å². The monoisotopic (exact) mass is 530 g/mol. The van der Waals surface area contributed by atoms with Gasteiger partial charge in [-0.3, -0.25) is 14.9 Å². The molecule has 202 valence electrons. The average molecular weight is 531 g/mol. The lowest BCUT2D eigenvalue weighted by molar-refractivity contribution is -0.147. The van der Waals surface area contributed by atoms with Gasteiger partial charge in [-0.05, 0) is 47.9 Å². The molecule has 1 saturated heterocycles. The molecule has 1 aromatic heterocycles. The van der Waals surface area contributed by atoms with E-state index in [1.165, 1.54) is 0 Å². The van der Waals surface area contributed by atoms with Gasteiger partial charge in [0, 0.05) is 31.0 Å². The molecule has 1 fully saturated rings. The van der Waals surface area contributed by atoms with Crippen molar-refractivity contribution < 1.29 is 29.0 Å². The van der Waals surface area contributed by atoms with E-state index < -0.39 is 23.5 Å². The molecule has 0 aliphatic carbocycles. The minimum atomic E-state index is -1.32. The Morgan fingerprint density at radius 2 is 1.86 bits per heavy atom. The molecule has 2 aromatic rings. The molecule has 0 radical (unpaired) electrons. The molecular formula is C28H38N2O6S. The number of benzene rings is 1. The number of carbonyl (C=O) groups excluding carboxylic acids is 2. The molecule has 2 heterocycles. The van der Waals surface area contributed by atoms with Crippen LogP contribution in [0.1, 0.15) is 50.5 Å².